The lowest BCUT2D eigenvalue weighted by Crippen LogP contribution is -2.27. The minimum atomic E-state index is -1.04. The first-order chi connectivity index (χ1) is 9.58. The van der Waals surface area contributed by atoms with Gasteiger partial charge < -0.3 is 15.2 Å². The smallest absolute Gasteiger partial charge is 0.356 e. The van der Waals surface area contributed by atoms with E-state index >= 15 is 0 Å². The van der Waals surface area contributed by atoms with Crippen molar-refractivity contribution >= 4 is 11.7 Å². The van der Waals surface area contributed by atoms with Gasteiger partial charge in [0, 0.05) is 19.1 Å². The summed E-state index contributed by atoms with van der Waals surface area (Å²) in [5, 5.41) is 12.3. The summed E-state index contributed by atoms with van der Waals surface area (Å²) in [5.41, 5.74) is 0.482. The number of aromatic nitrogens is 2. The molecule has 1 aliphatic heterocycles. The van der Waals surface area contributed by atoms with Gasteiger partial charge in [-0.05, 0) is 19.3 Å². The summed E-state index contributed by atoms with van der Waals surface area (Å²) in [5.74, 6) is -0.396. The molecule has 2 heterocycles. The molecule has 0 aromatic carbocycles. The Kier molecular flexibility index (Phi) is 4.89. The maximum absolute atomic E-state index is 11.3. The molecule has 6 nitrogen and oxygen atoms in total. The predicted octanol–water partition coefficient (Wildman–Crippen LogP) is 2.28. The van der Waals surface area contributed by atoms with Crippen LogP contribution in [0.25, 0.3) is 0 Å². The molecule has 0 radical (unpaired) electrons. The molecule has 1 unspecified atom stereocenters. The minimum absolute atomic E-state index is 0.0273. The Balaban J connectivity index is 2.07. The van der Waals surface area contributed by atoms with E-state index in [1.54, 1.807) is 6.20 Å². The lowest BCUT2D eigenvalue weighted by Gasteiger charge is -2.23. The number of nitrogens with zero attached hydrogens (tertiary/aromatic N) is 2. The van der Waals surface area contributed by atoms with Crippen molar-refractivity contribution in [2.45, 2.75) is 45.1 Å². The van der Waals surface area contributed by atoms with Crippen molar-refractivity contribution in [3.05, 3.63) is 17.7 Å². The van der Waals surface area contributed by atoms with Crippen LogP contribution in [0.2, 0.25) is 0 Å². The summed E-state index contributed by atoms with van der Waals surface area (Å²) in [6.07, 6.45) is 4.94. The molecule has 1 aliphatic rings. The third-order valence-corrected chi connectivity index (χ3v) is 3.32. The number of carboxylic acids is 1. The quantitative estimate of drug-likeness (QED) is 0.860. The summed E-state index contributed by atoms with van der Waals surface area (Å²) in [6, 6.07) is 0. The second-order valence-corrected chi connectivity index (χ2v) is 5.32. The fourth-order valence-corrected chi connectivity index (χ4v) is 2.16. The third kappa shape index (κ3) is 3.66. The highest BCUT2D eigenvalue weighted by Crippen LogP contribution is 2.18. The molecule has 110 valence electrons. The standard InChI is InChI=1S/C14H21N3O3/c1-9(2)13-16-8-11(12(17-13)14(18)19)15-7-10-5-3-4-6-20-10/h8-10,15H,3-7H2,1-2H3,(H,18,19). The van der Waals surface area contributed by atoms with Gasteiger partial charge in [0.15, 0.2) is 5.69 Å². The summed E-state index contributed by atoms with van der Waals surface area (Å²) < 4.78 is 5.61. The highest BCUT2D eigenvalue weighted by Gasteiger charge is 2.18. The summed E-state index contributed by atoms with van der Waals surface area (Å²) in [7, 11) is 0. The van der Waals surface area contributed by atoms with Gasteiger partial charge in [-0.2, -0.15) is 0 Å². The van der Waals surface area contributed by atoms with Gasteiger partial charge in [0.2, 0.25) is 0 Å². The maximum atomic E-state index is 11.3. The first-order valence-corrected chi connectivity index (χ1v) is 7.03. The van der Waals surface area contributed by atoms with Gasteiger partial charge in [-0.15, -0.1) is 0 Å². The first-order valence-electron chi connectivity index (χ1n) is 7.03. The van der Waals surface area contributed by atoms with Crippen molar-refractivity contribution in [3.8, 4) is 0 Å². The van der Waals surface area contributed by atoms with E-state index in [9.17, 15) is 9.90 Å². The van der Waals surface area contributed by atoms with Crippen molar-refractivity contribution in [1.82, 2.24) is 9.97 Å². The normalized spacial score (nSPS) is 19.1. The van der Waals surface area contributed by atoms with Gasteiger partial charge in [-0.25, -0.2) is 14.8 Å². The van der Waals surface area contributed by atoms with Crippen molar-refractivity contribution in [3.63, 3.8) is 0 Å². The van der Waals surface area contributed by atoms with Crippen molar-refractivity contribution in [2.75, 3.05) is 18.5 Å². The molecule has 0 aliphatic carbocycles. The molecule has 2 N–H and O–H groups in total. The molecule has 0 saturated carbocycles. The van der Waals surface area contributed by atoms with Crippen LogP contribution in [-0.2, 0) is 4.74 Å². The summed E-state index contributed by atoms with van der Waals surface area (Å²) in [6.45, 7) is 5.24. The molecule has 1 saturated heterocycles. The van der Waals surface area contributed by atoms with E-state index < -0.39 is 5.97 Å². The van der Waals surface area contributed by atoms with Crippen LogP contribution in [-0.4, -0.2) is 40.3 Å². The van der Waals surface area contributed by atoms with Crippen molar-refractivity contribution in [2.24, 2.45) is 0 Å². The highest BCUT2D eigenvalue weighted by molar-refractivity contribution is 5.91. The zero-order valence-electron chi connectivity index (χ0n) is 11.9. The molecule has 6 heteroatoms. The number of ether oxygens (including phenoxy) is 1. The summed E-state index contributed by atoms with van der Waals surface area (Å²) >= 11 is 0. The molecule has 1 aromatic rings. The van der Waals surface area contributed by atoms with E-state index in [-0.39, 0.29) is 17.7 Å². The largest absolute Gasteiger partial charge is 0.476 e. The molecule has 1 aromatic heterocycles. The van der Waals surface area contributed by atoms with Gasteiger partial charge in [-0.3, -0.25) is 0 Å². The van der Waals surface area contributed by atoms with E-state index in [2.05, 4.69) is 15.3 Å². The monoisotopic (exact) mass is 279 g/mol. The van der Waals surface area contributed by atoms with Crippen LogP contribution >= 0.6 is 0 Å². The molecule has 1 fully saturated rings. The van der Waals surface area contributed by atoms with Crippen LogP contribution in [0.15, 0.2) is 6.20 Å². The van der Waals surface area contributed by atoms with Crippen LogP contribution in [0.3, 0.4) is 0 Å². The Hall–Kier alpha value is -1.69. The zero-order valence-corrected chi connectivity index (χ0v) is 11.9. The van der Waals surface area contributed by atoms with Gasteiger partial charge in [0.25, 0.3) is 0 Å². The number of hydrogen-bond donors (Lipinski definition) is 2. The lowest BCUT2D eigenvalue weighted by molar-refractivity contribution is 0.0247. The number of hydrogen-bond acceptors (Lipinski definition) is 5. The third-order valence-electron chi connectivity index (χ3n) is 3.32. The van der Waals surface area contributed by atoms with E-state index in [4.69, 9.17) is 4.74 Å². The molecule has 2 rings (SSSR count). The predicted molar refractivity (Wildman–Crippen MR) is 75.2 cm³/mol. The number of carboxylic acid groups (broad SMARTS) is 1. The van der Waals surface area contributed by atoms with Crippen LogP contribution < -0.4 is 5.32 Å². The SMILES string of the molecule is CC(C)c1ncc(NCC2CCCCO2)c(C(=O)O)n1. The fraction of sp³-hybridized carbons (Fsp3) is 0.643. The minimum Gasteiger partial charge on any atom is -0.476 e. The van der Waals surface area contributed by atoms with E-state index in [1.165, 1.54) is 0 Å². The van der Waals surface area contributed by atoms with Gasteiger partial charge >= 0.3 is 5.97 Å². The molecule has 20 heavy (non-hydrogen) atoms. The average molecular weight is 279 g/mol. The molecule has 0 spiro atoms. The lowest BCUT2D eigenvalue weighted by atomic mass is 10.1. The zero-order chi connectivity index (χ0) is 14.5. The molecular formula is C14H21N3O3. The van der Waals surface area contributed by atoms with Crippen molar-refractivity contribution < 1.29 is 14.6 Å². The van der Waals surface area contributed by atoms with E-state index in [0.717, 1.165) is 25.9 Å². The van der Waals surface area contributed by atoms with Crippen LogP contribution in [0.4, 0.5) is 5.69 Å². The average Bonchev–Trinajstić information content (AvgIpc) is 2.45. The van der Waals surface area contributed by atoms with Crippen LogP contribution in [0.1, 0.15) is 55.3 Å². The molecule has 0 amide bonds. The van der Waals surface area contributed by atoms with E-state index in [1.807, 2.05) is 13.8 Å². The van der Waals surface area contributed by atoms with Gasteiger partial charge in [-0.1, -0.05) is 13.8 Å². The Labute approximate surface area is 118 Å². The highest BCUT2D eigenvalue weighted by atomic mass is 16.5. The molecular weight excluding hydrogens is 258 g/mol. The topological polar surface area (TPSA) is 84.3 Å². The van der Waals surface area contributed by atoms with Crippen molar-refractivity contribution in [1.29, 1.82) is 0 Å². The maximum Gasteiger partial charge on any atom is 0.356 e. The van der Waals surface area contributed by atoms with Crippen LogP contribution in [0, 0.1) is 0 Å². The second-order valence-electron chi connectivity index (χ2n) is 5.32. The number of carbonyl (C=O) groups is 1. The van der Waals surface area contributed by atoms with Crippen LogP contribution in [0.5, 0.6) is 0 Å². The van der Waals surface area contributed by atoms with E-state index in [0.29, 0.717) is 18.1 Å². The molecule has 0 bridgehead atoms. The molecule has 1 atom stereocenters. The van der Waals surface area contributed by atoms with Gasteiger partial charge in [0.1, 0.15) is 5.82 Å². The Bertz CT molecular complexity index is 471. The number of aromatic carboxylic acids is 1. The number of nitrogens with one attached hydrogen (secondary N) is 1. The van der Waals surface area contributed by atoms with Gasteiger partial charge in [0.05, 0.1) is 18.0 Å². The number of rotatable bonds is 5. The Morgan fingerprint density at radius 1 is 1.55 bits per heavy atom. The number of anilines is 1. The summed E-state index contributed by atoms with van der Waals surface area (Å²) in [4.78, 5) is 19.6. The first kappa shape index (κ1) is 14.7. The second kappa shape index (κ2) is 6.65. The Morgan fingerprint density at radius 3 is 2.95 bits per heavy atom. The fourth-order valence-electron chi connectivity index (χ4n) is 2.16. The Morgan fingerprint density at radius 2 is 2.35 bits per heavy atom.